The minimum absolute atomic E-state index is 0.757. The standard InChI is InChI=1S/C19H16N4S/c20-10-14-4-1-2-5-15(14)12-23-8-7-17-16(13-23)11-21-19(22-17)18-6-3-9-24-18/h1-6,9,11H,7-8,12-13H2. The number of nitrogens with zero attached hydrogens (tertiary/aromatic N) is 4. The molecule has 0 aliphatic carbocycles. The molecule has 0 atom stereocenters. The van der Waals surface area contributed by atoms with Crippen LogP contribution < -0.4 is 0 Å². The van der Waals surface area contributed by atoms with E-state index in [9.17, 15) is 5.26 Å². The number of hydrogen-bond acceptors (Lipinski definition) is 5. The van der Waals surface area contributed by atoms with Crippen molar-refractivity contribution in [2.45, 2.75) is 19.5 Å². The van der Waals surface area contributed by atoms with E-state index in [0.29, 0.717) is 0 Å². The first kappa shape index (κ1) is 15.0. The van der Waals surface area contributed by atoms with Gasteiger partial charge in [-0.3, -0.25) is 4.90 Å². The number of thiophene rings is 1. The Bertz CT molecular complexity index is 896. The van der Waals surface area contributed by atoms with Gasteiger partial charge in [-0.25, -0.2) is 9.97 Å². The second kappa shape index (κ2) is 6.52. The van der Waals surface area contributed by atoms with Crippen LogP contribution in [-0.2, 0) is 19.5 Å². The van der Waals surface area contributed by atoms with Gasteiger partial charge in [0, 0.05) is 37.8 Å². The summed E-state index contributed by atoms with van der Waals surface area (Å²) in [4.78, 5) is 12.7. The summed E-state index contributed by atoms with van der Waals surface area (Å²) < 4.78 is 0. The van der Waals surface area contributed by atoms with Crippen molar-refractivity contribution in [1.82, 2.24) is 14.9 Å². The van der Waals surface area contributed by atoms with Crippen molar-refractivity contribution >= 4 is 11.3 Å². The third kappa shape index (κ3) is 2.94. The molecule has 0 N–H and O–H groups in total. The van der Waals surface area contributed by atoms with Gasteiger partial charge in [-0.1, -0.05) is 24.3 Å². The summed E-state index contributed by atoms with van der Waals surface area (Å²) in [6.45, 7) is 2.57. The molecule has 4 rings (SSSR count). The Kier molecular flexibility index (Phi) is 4.08. The van der Waals surface area contributed by atoms with Gasteiger partial charge in [0.05, 0.1) is 22.2 Å². The predicted molar refractivity (Wildman–Crippen MR) is 94.3 cm³/mol. The van der Waals surface area contributed by atoms with Crippen molar-refractivity contribution in [1.29, 1.82) is 5.26 Å². The normalized spacial score (nSPS) is 14.1. The van der Waals surface area contributed by atoms with E-state index in [-0.39, 0.29) is 0 Å². The van der Waals surface area contributed by atoms with E-state index < -0.39 is 0 Å². The average Bonchev–Trinajstić information content (AvgIpc) is 3.16. The molecule has 0 amide bonds. The summed E-state index contributed by atoms with van der Waals surface area (Å²) in [5.41, 5.74) is 4.18. The molecule has 0 radical (unpaired) electrons. The van der Waals surface area contributed by atoms with Gasteiger partial charge < -0.3 is 0 Å². The van der Waals surface area contributed by atoms with Gasteiger partial charge in [0.2, 0.25) is 0 Å². The number of benzene rings is 1. The minimum atomic E-state index is 0.757. The monoisotopic (exact) mass is 332 g/mol. The van der Waals surface area contributed by atoms with Gasteiger partial charge in [-0.15, -0.1) is 11.3 Å². The molecule has 0 fully saturated rings. The third-order valence-corrected chi connectivity index (χ3v) is 5.15. The lowest BCUT2D eigenvalue weighted by Crippen LogP contribution is -2.31. The first-order valence-electron chi connectivity index (χ1n) is 7.92. The van der Waals surface area contributed by atoms with E-state index in [1.165, 1.54) is 5.56 Å². The van der Waals surface area contributed by atoms with Crippen LogP contribution in [-0.4, -0.2) is 21.4 Å². The molecule has 3 heterocycles. The summed E-state index contributed by atoms with van der Waals surface area (Å²) in [6.07, 6.45) is 2.88. The lowest BCUT2D eigenvalue weighted by Gasteiger charge is -2.28. The van der Waals surface area contributed by atoms with Crippen LogP contribution in [0.3, 0.4) is 0 Å². The van der Waals surface area contributed by atoms with Crippen LogP contribution in [0.5, 0.6) is 0 Å². The highest BCUT2D eigenvalue weighted by molar-refractivity contribution is 7.13. The molecule has 0 saturated heterocycles. The molecule has 0 spiro atoms. The predicted octanol–water partition coefficient (Wildman–Crippen LogP) is 3.64. The highest BCUT2D eigenvalue weighted by Crippen LogP contribution is 2.25. The third-order valence-electron chi connectivity index (χ3n) is 4.29. The molecule has 24 heavy (non-hydrogen) atoms. The summed E-state index contributed by atoms with van der Waals surface area (Å²) >= 11 is 1.67. The van der Waals surface area contributed by atoms with Gasteiger partial charge in [0.15, 0.2) is 5.82 Å². The van der Waals surface area contributed by atoms with Gasteiger partial charge in [0.1, 0.15) is 0 Å². The first-order valence-corrected chi connectivity index (χ1v) is 8.80. The van der Waals surface area contributed by atoms with Crippen LogP contribution in [0.2, 0.25) is 0 Å². The number of rotatable bonds is 3. The van der Waals surface area contributed by atoms with Crippen molar-refractivity contribution in [3.05, 3.63) is 70.4 Å². The molecule has 3 aromatic rings. The fourth-order valence-electron chi connectivity index (χ4n) is 3.04. The van der Waals surface area contributed by atoms with E-state index in [0.717, 1.165) is 53.6 Å². The molecule has 4 nitrogen and oxygen atoms in total. The zero-order chi connectivity index (χ0) is 16.4. The SMILES string of the molecule is N#Cc1ccccc1CN1CCc2nc(-c3cccs3)ncc2C1. The van der Waals surface area contributed by atoms with Crippen molar-refractivity contribution in [3.8, 4) is 16.8 Å². The average molecular weight is 332 g/mol. The van der Waals surface area contributed by atoms with E-state index in [4.69, 9.17) is 4.98 Å². The quantitative estimate of drug-likeness (QED) is 0.735. The fraction of sp³-hybridized carbons (Fsp3) is 0.211. The van der Waals surface area contributed by atoms with Crippen molar-refractivity contribution in [2.24, 2.45) is 0 Å². The Morgan fingerprint density at radius 3 is 2.96 bits per heavy atom. The van der Waals surface area contributed by atoms with E-state index in [2.05, 4.69) is 22.0 Å². The van der Waals surface area contributed by atoms with Crippen LogP contribution in [0.25, 0.3) is 10.7 Å². The topological polar surface area (TPSA) is 52.8 Å². The van der Waals surface area contributed by atoms with E-state index >= 15 is 0 Å². The van der Waals surface area contributed by atoms with Crippen molar-refractivity contribution in [3.63, 3.8) is 0 Å². The second-order valence-electron chi connectivity index (χ2n) is 5.87. The van der Waals surface area contributed by atoms with Crippen molar-refractivity contribution < 1.29 is 0 Å². The Balaban J connectivity index is 1.53. The molecular formula is C19H16N4S. The number of hydrogen-bond donors (Lipinski definition) is 0. The molecule has 118 valence electrons. The van der Waals surface area contributed by atoms with Gasteiger partial charge in [0.25, 0.3) is 0 Å². The Morgan fingerprint density at radius 1 is 1.21 bits per heavy atom. The molecule has 1 aromatic carbocycles. The highest BCUT2D eigenvalue weighted by Gasteiger charge is 2.19. The maximum Gasteiger partial charge on any atom is 0.169 e. The van der Waals surface area contributed by atoms with Gasteiger partial charge in [-0.05, 0) is 23.1 Å². The summed E-state index contributed by atoms with van der Waals surface area (Å²) in [5.74, 6) is 0.826. The smallest absolute Gasteiger partial charge is 0.169 e. The molecule has 5 heteroatoms. The Morgan fingerprint density at radius 2 is 2.12 bits per heavy atom. The van der Waals surface area contributed by atoms with Gasteiger partial charge in [-0.2, -0.15) is 5.26 Å². The van der Waals surface area contributed by atoms with E-state index in [1.54, 1.807) is 11.3 Å². The molecule has 1 aliphatic heterocycles. The molecule has 1 aliphatic rings. The minimum Gasteiger partial charge on any atom is -0.294 e. The maximum absolute atomic E-state index is 9.24. The van der Waals surface area contributed by atoms with Gasteiger partial charge >= 0.3 is 0 Å². The van der Waals surface area contributed by atoms with Crippen LogP contribution in [0.1, 0.15) is 22.4 Å². The van der Waals surface area contributed by atoms with E-state index in [1.807, 2.05) is 41.9 Å². The van der Waals surface area contributed by atoms with Crippen LogP contribution in [0, 0.1) is 11.3 Å². The van der Waals surface area contributed by atoms with Crippen LogP contribution >= 0.6 is 11.3 Å². The molecule has 0 saturated carbocycles. The molecule has 0 unspecified atom stereocenters. The van der Waals surface area contributed by atoms with Crippen LogP contribution in [0.4, 0.5) is 0 Å². The zero-order valence-corrected chi connectivity index (χ0v) is 14.0. The molecular weight excluding hydrogens is 316 g/mol. The summed E-state index contributed by atoms with van der Waals surface area (Å²) in [7, 11) is 0. The van der Waals surface area contributed by atoms with Crippen molar-refractivity contribution in [2.75, 3.05) is 6.54 Å². The largest absolute Gasteiger partial charge is 0.294 e. The highest BCUT2D eigenvalue weighted by atomic mass is 32.1. The Labute approximate surface area is 145 Å². The van der Waals surface area contributed by atoms with Crippen LogP contribution in [0.15, 0.2) is 48.0 Å². The maximum atomic E-state index is 9.24. The summed E-state index contributed by atoms with van der Waals surface area (Å²) in [5, 5.41) is 11.3. The zero-order valence-electron chi connectivity index (χ0n) is 13.1. The summed E-state index contributed by atoms with van der Waals surface area (Å²) in [6, 6.07) is 14.2. The lowest BCUT2D eigenvalue weighted by molar-refractivity contribution is 0.243. The number of aromatic nitrogens is 2. The second-order valence-corrected chi connectivity index (χ2v) is 6.82. The molecule has 0 bridgehead atoms. The Hall–Kier alpha value is -2.55. The lowest BCUT2D eigenvalue weighted by atomic mass is 10.0. The number of nitriles is 1. The molecule has 2 aromatic heterocycles. The number of fused-ring (bicyclic) bond motifs is 1. The first-order chi connectivity index (χ1) is 11.8. The fourth-order valence-corrected chi connectivity index (χ4v) is 3.71.